The number of hydrogen-bond acceptors (Lipinski definition) is 5. The van der Waals surface area contributed by atoms with Crippen LogP contribution in [0.25, 0.3) is 10.6 Å². The van der Waals surface area contributed by atoms with Gasteiger partial charge in [0.05, 0.1) is 11.9 Å². The van der Waals surface area contributed by atoms with E-state index < -0.39 is 0 Å². The Labute approximate surface area is 162 Å². The van der Waals surface area contributed by atoms with Crippen LogP contribution < -0.4 is 0 Å². The molecule has 1 unspecified atom stereocenters. The normalized spacial score (nSPS) is 16.1. The largest absolute Gasteiger partial charge is 0.345 e. The number of rotatable bonds is 5. The van der Waals surface area contributed by atoms with Crippen molar-refractivity contribution in [3.63, 3.8) is 0 Å². The Hall–Kier alpha value is -2.54. The summed E-state index contributed by atoms with van der Waals surface area (Å²) in [5.41, 5.74) is 3.35. The molecule has 1 amide bonds. The van der Waals surface area contributed by atoms with Gasteiger partial charge in [-0.25, -0.2) is 4.98 Å². The van der Waals surface area contributed by atoms with E-state index in [0.29, 0.717) is 6.54 Å². The third kappa shape index (κ3) is 3.93. The van der Waals surface area contributed by atoms with Crippen LogP contribution in [0.2, 0.25) is 0 Å². The van der Waals surface area contributed by atoms with Crippen molar-refractivity contribution in [1.29, 1.82) is 0 Å². The van der Waals surface area contributed by atoms with Gasteiger partial charge in [0.15, 0.2) is 0 Å². The summed E-state index contributed by atoms with van der Waals surface area (Å²) >= 11 is 1.75. The van der Waals surface area contributed by atoms with Crippen LogP contribution in [0, 0.1) is 5.92 Å². The number of aromatic nitrogens is 4. The van der Waals surface area contributed by atoms with Gasteiger partial charge in [-0.3, -0.25) is 14.5 Å². The second kappa shape index (κ2) is 7.60. The maximum absolute atomic E-state index is 12.9. The fourth-order valence-corrected chi connectivity index (χ4v) is 4.64. The van der Waals surface area contributed by atoms with E-state index in [1.807, 2.05) is 43.5 Å². The smallest absolute Gasteiger partial charge is 0.225 e. The number of thiazole rings is 1. The lowest BCUT2D eigenvalue weighted by Crippen LogP contribution is -2.36. The van der Waals surface area contributed by atoms with Gasteiger partial charge in [0.1, 0.15) is 5.01 Å². The fourth-order valence-electron chi connectivity index (χ4n) is 3.53. The molecule has 0 aromatic carbocycles. The number of aryl methyl sites for hydroxylation is 2. The van der Waals surface area contributed by atoms with Crippen molar-refractivity contribution in [2.24, 2.45) is 13.0 Å². The van der Waals surface area contributed by atoms with Gasteiger partial charge < -0.3 is 4.90 Å². The molecule has 0 spiro atoms. The average Bonchev–Trinajstić information content (AvgIpc) is 3.31. The second-order valence-corrected chi connectivity index (χ2v) is 8.18. The lowest BCUT2D eigenvalue weighted by molar-refractivity contribution is -0.134. The van der Waals surface area contributed by atoms with E-state index >= 15 is 0 Å². The molecular weight excluding hydrogens is 358 g/mol. The van der Waals surface area contributed by atoms with Crippen molar-refractivity contribution in [2.75, 3.05) is 13.6 Å². The van der Waals surface area contributed by atoms with Crippen molar-refractivity contribution in [2.45, 2.75) is 25.7 Å². The Morgan fingerprint density at radius 1 is 1.37 bits per heavy atom. The van der Waals surface area contributed by atoms with Crippen LogP contribution in [0.1, 0.15) is 22.6 Å². The molecule has 27 heavy (non-hydrogen) atoms. The first-order chi connectivity index (χ1) is 13.1. The van der Waals surface area contributed by atoms with Crippen LogP contribution in [-0.4, -0.2) is 44.1 Å². The Morgan fingerprint density at radius 3 is 2.93 bits per heavy atom. The molecule has 0 bridgehead atoms. The van der Waals surface area contributed by atoms with E-state index in [9.17, 15) is 4.79 Å². The van der Waals surface area contributed by atoms with Crippen LogP contribution in [-0.2, 0) is 31.1 Å². The quantitative estimate of drug-likeness (QED) is 0.682. The number of hydrogen-bond donors (Lipinski definition) is 0. The van der Waals surface area contributed by atoms with Gasteiger partial charge in [0, 0.05) is 62.0 Å². The number of carbonyl (C=O) groups excluding carboxylic acids is 1. The molecule has 140 valence electrons. The number of amides is 1. The Balaban J connectivity index is 1.39. The SMILES string of the molecule is CN(CCc1cnn(C)c1)C(=O)C1CCc2sc(-c3ccncc3)nc2C1. The molecule has 3 heterocycles. The van der Waals surface area contributed by atoms with E-state index in [1.54, 1.807) is 28.4 Å². The highest BCUT2D eigenvalue weighted by Crippen LogP contribution is 2.34. The monoisotopic (exact) mass is 381 g/mol. The van der Waals surface area contributed by atoms with Gasteiger partial charge >= 0.3 is 0 Å². The summed E-state index contributed by atoms with van der Waals surface area (Å²) in [5, 5.41) is 5.21. The molecule has 7 heteroatoms. The van der Waals surface area contributed by atoms with Gasteiger partial charge in [0.25, 0.3) is 0 Å². The molecular formula is C20H23N5OS. The fraction of sp³-hybridized carbons (Fsp3) is 0.400. The number of fused-ring (bicyclic) bond motifs is 1. The third-order valence-electron chi connectivity index (χ3n) is 5.08. The molecule has 0 fully saturated rings. The summed E-state index contributed by atoms with van der Waals surface area (Å²) in [6, 6.07) is 3.97. The molecule has 3 aromatic heterocycles. The summed E-state index contributed by atoms with van der Waals surface area (Å²) in [4.78, 5) is 25.0. The van der Waals surface area contributed by atoms with Gasteiger partial charge in [0.2, 0.25) is 5.91 Å². The number of nitrogens with zero attached hydrogens (tertiary/aromatic N) is 5. The summed E-state index contributed by atoms with van der Waals surface area (Å²) in [7, 11) is 3.81. The molecule has 0 aliphatic heterocycles. The molecule has 3 aromatic rings. The molecule has 0 N–H and O–H groups in total. The summed E-state index contributed by atoms with van der Waals surface area (Å²) < 4.78 is 1.79. The molecule has 0 saturated heterocycles. The molecule has 1 aliphatic rings. The van der Waals surface area contributed by atoms with Crippen LogP contribution in [0.3, 0.4) is 0 Å². The zero-order valence-corrected chi connectivity index (χ0v) is 16.4. The highest BCUT2D eigenvalue weighted by atomic mass is 32.1. The minimum Gasteiger partial charge on any atom is -0.345 e. The van der Waals surface area contributed by atoms with Crippen LogP contribution in [0.4, 0.5) is 0 Å². The summed E-state index contributed by atoms with van der Waals surface area (Å²) in [6.45, 7) is 0.715. The molecule has 0 radical (unpaired) electrons. The van der Waals surface area contributed by atoms with E-state index in [-0.39, 0.29) is 11.8 Å². The predicted octanol–water partition coefficient (Wildman–Crippen LogP) is 2.74. The molecule has 0 saturated carbocycles. The van der Waals surface area contributed by atoms with Crippen LogP contribution in [0.15, 0.2) is 36.9 Å². The Kier molecular flexibility index (Phi) is 5.03. The van der Waals surface area contributed by atoms with Gasteiger partial charge in [-0.2, -0.15) is 5.10 Å². The van der Waals surface area contributed by atoms with E-state index in [4.69, 9.17) is 4.98 Å². The van der Waals surface area contributed by atoms with Crippen molar-refractivity contribution < 1.29 is 4.79 Å². The molecule has 4 rings (SSSR count). The molecule has 6 nitrogen and oxygen atoms in total. The topological polar surface area (TPSA) is 63.9 Å². The maximum Gasteiger partial charge on any atom is 0.225 e. The zero-order valence-electron chi connectivity index (χ0n) is 15.6. The zero-order chi connectivity index (χ0) is 18.8. The lowest BCUT2D eigenvalue weighted by atomic mass is 9.89. The highest BCUT2D eigenvalue weighted by Gasteiger charge is 2.29. The van der Waals surface area contributed by atoms with Gasteiger partial charge in [-0.05, 0) is 37.0 Å². The van der Waals surface area contributed by atoms with E-state index in [1.165, 1.54) is 4.88 Å². The van der Waals surface area contributed by atoms with Gasteiger partial charge in [-0.15, -0.1) is 11.3 Å². The minimum absolute atomic E-state index is 0.0313. The van der Waals surface area contributed by atoms with E-state index in [2.05, 4.69) is 10.1 Å². The van der Waals surface area contributed by atoms with Crippen molar-refractivity contribution in [1.82, 2.24) is 24.6 Å². The lowest BCUT2D eigenvalue weighted by Gasteiger charge is -2.26. The van der Waals surface area contributed by atoms with Crippen LogP contribution in [0.5, 0.6) is 0 Å². The van der Waals surface area contributed by atoms with Crippen LogP contribution >= 0.6 is 11.3 Å². The second-order valence-electron chi connectivity index (χ2n) is 7.10. The van der Waals surface area contributed by atoms with Crippen molar-refractivity contribution >= 4 is 17.2 Å². The van der Waals surface area contributed by atoms with Crippen molar-refractivity contribution in [3.05, 3.63) is 53.1 Å². The first kappa shape index (κ1) is 17.9. The summed E-state index contributed by atoms with van der Waals surface area (Å²) in [6.07, 6.45) is 10.9. The first-order valence-corrected chi connectivity index (χ1v) is 10.0. The average molecular weight is 382 g/mol. The number of likely N-dealkylation sites (N-methyl/N-ethyl adjacent to an activating group) is 1. The minimum atomic E-state index is 0.0313. The Bertz CT molecular complexity index is 933. The third-order valence-corrected chi connectivity index (χ3v) is 6.29. The molecule has 1 aliphatic carbocycles. The number of carbonyl (C=O) groups is 1. The Morgan fingerprint density at radius 2 is 2.19 bits per heavy atom. The van der Waals surface area contributed by atoms with E-state index in [0.717, 1.165) is 47.5 Å². The standard InChI is InChI=1S/C20H23N5OS/c1-24(10-7-14-12-22-25(2)13-14)20(26)16-3-4-18-17(11-16)23-19(27-18)15-5-8-21-9-6-15/h5-6,8-9,12-13,16H,3-4,7,10-11H2,1-2H3. The maximum atomic E-state index is 12.9. The first-order valence-electron chi connectivity index (χ1n) is 9.21. The summed E-state index contributed by atoms with van der Waals surface area (Å²) in [5.74, 6) is 0.256. The number of pyridine rings is 1. The molecule has 1 atom stereocenters. The predicted molar refractivity (Wildman–Crippen MR) is 105 cm³/mol. The van der Waals surface area contributed by atoms with Crippen molar-refractivity contribution in [3.8, 4) is 10.6 Å². The highest BCUT2D eigenvalue weighted by molar-refractivity contribution is 7.15. The van der Waals surface area contributed by atoms with Gasteiger partial charge in [-0.1, -0.05) is 0 Å².